The summed E-state index contributed by atoms with van der Waals surface area (Å²) in [7, 11) is 0. The highest BCUT2D eigenvalue weighted by molar-refractivity contribution is 5.85. The Hall–Kier alpha value is -0.610. The molecule has 0 aromatic carbocycles. The number of carbonyl (C=O) groups excluding carboxylic acids is 1. The molecule has 0 radical (unpaired) electrons. The molecule has 0 aromatic heterocycles. The second-order valence-corrected chi connectivity index (χ2v) is 3.59. The Balaban J connectivity index is 2.83. The smallest absolute Gasteiger partial charge is 0.240 e. The summed E-state index contributed by atoms with van der Waals surface area (Å²) in [5.74, 6) is 0.0457. The molecule has 0 aliphatic carbocycles. The maximum Gasteiger partial charge on any atom is 0.240 e. The van der Waals surface area contributed by atoms with Gasteiger partial charge >= 0.3 is 0 Å². The molecule has 4 heteroatoms. The molecule has 1 rings (SSSR count). The van der Waals surface area contributed by atoms with Gasteiger partial charge in [-0.15, -0.1) is 0 Å². The first-order valence-electron chi connectivity index (χ1n) is 4.31. The maximum absolute atomic E-state index is 11.4. The fraction of sp³-hybridized carbons (Fsp3) is 0.875. The van der Waals surface area contributed by atoms with Crippen LogP contribution in [0, 0.1) is 0 Å². The number of nitrogens with two attached hydrogens (primary N) is 1. The second kappa shape index (κ2) is 3.03. The summed E-state index contributed by atoms with van der Waals surface area (Å²) in [6, 6.07) is -0.148. The minimum atomic E-state index is -0.240. The number of amides is 1. The fourth-order valence-electron chi connectivity index (χ4n) is 1.84. The topological polar surface area (TPSA) is 58.4 Å². The van der Waals surface area contributed by atoms with Gasteiger partial charge in [-0.1, -0.05) is 6.92 Å². The molecule has 1 aliphatic rings. The van der Waals surface area contributed by atoms with Gasteiger partial charge in [0.1, 0.15) is 6.04 Å². The molecule has 1 saturated heterocycles. The Morgan fingerprint density at radius 2 is 2.25 bits per heavy atom. The zero-order valence-corrected chi connectivity index (χ0v) is 7.92. The zero-order valence-electron chi connectivity index (χ0n) is 7.92. The summed E-state index contributed by atoms with van der Waals surface area (Å²) in [6.07, 6.45) is 0. The highest BCUT2D eigenvalue weighted by atomic mass is 16.2. The molecule has 3 N–H and O–H groups in total. The molecule has 4 nitrogen and oxygen atoms in total. The van der Waals surface area contributed by atoms with Crippen LogP contribution in [0.1, 0.15) is 20.8 Å². The second-order valence-electron chi connectivity index (χ2n) is 3.59. The van der Waals surface area contributed by atoms with E-state index in [0.717, 1.165) is 6.54 Å². The molecule has 12 heavy (non-hydrogen) atoms. The molecule has 1 aliphatic heterocycles. The molecule has 0 saturated carbocycles. The van der Waals surface area contributed by atoms with E-state index in [-0.39, 0.29) is 17.6 Å². The summed E-state index contributed by atoms with van der Waals surface area (Å²) in [5.41, 5.74) is 5.27. The number of rotatable bonds is 2. The van der Waals surface area contributed by atoms with Crippen LogP contribution < -0.4 is 11.1 Å². The first-order chi connectivity index (χ1) is 5.53. The van der Waals surface area contributed by atoms with E-state index in [1.807, 2.05) is 20.8 Å². The highest BCUT2D eigenvalue weighted by Crippen LogP contribution is 2.20. The number of nitrogens with zero attached hydrogens (tertiary/aromatic N) is 1. The van der Waals surface area contributed by atoms with Gasteiger partial charge in [0, 0.05) is 6.54 Å². The van der Waals surface area contributed by atoms with Crippen LogP contribution >= 0.6 is 0 Å². The predicted molar refractivity (Wildman–Crippen MR) is 47.4 cm³/mol. The Bertz CT molecular complexity index is 191. The van der Waals surface area contributed by atoms with Crippen LogP contribution in [0.2, 0.25) is 0 Å². The third-order valence-electron chi connectivity index (χ3n) is 2.39. The van der Waals surface area contributed by atoms with Crippen LogP contribution in [0.4, 0.5) is 0 Å². The van der Waals surface area contributed by atoms with Crippen molar-refractivity contribution in [3.63, 3.8) is 0 Å². The van der Waals surface area contributed by atoms with Crippen molar-refractivity contribution < 1.29 is 4.79 Å². The van der Waals surface area contributed by atoms with E-state index in [9.17, 15) is 4.79 Å². The minimum absolute atomic E-state index is 0.0457. The molecule has 1 fully saturated rings. The van der Waals surface area contributed by atoms with E-state index in [0.29, 0.717) is 6.54 Å². The van der Waals surface area contributed by atoms with Crippen LogP contribution in [0.25, 0.3) is 0 Å². The number of nitrogens with one attached hydrogen (secondary N) is 1. The minimum Gasteiger partial charge on any atom is -0.337 e. The van der Waals surface area contributed by atoms with Crippen molar-refractivity contribution in [3.8, 4) is 0 Å². The summed E-state index contributed by atoms with van der Waals surface area (Å²) >= 11 is 0. The van der Waals surface area contributed by atoms with E-state index in [1.54, 1.807) is 0 Å². The molecule has 1 amide bonds. The maximum atomic E-state index is 11.4. The van der Waals surface area contributed by atoms with Crippen LogP contribution in [0.3, 0.4) is 0 Å². The summed E-state index contributed by atoms with van der Waals surface area (Å²) in [6.45, 7) is 7.25. The van der Waals surface area contributed by atoms with Gasteiger partial charge in [-0.05, 0) is 20.4 Å². The van der Waals surface area contributed by atoms with Crippen LogP contribution in [-0.2, 0) is 4.79 Å². The van der Waals surface area contributed by atoms with Crippen molar-refractivity contribution in [1.82, 2.24) is 10.2 Å². The van der Waals surface area contributed by atoms with E-state index >= 15 is 0 Å². The van der Waals surface area contributed by atoms with Gasteiger partial charge < -0.3 is 11.1 Å². The summed E-state index contributed by atoms with van der Waals surface area (Å²) < 4.78 is 0. The molecule has 0 aromatic rings. The lowest BCUT2D eigenvalue weighted by Crippen LogP contribution is -2.49. The van der Waals surface area contributed by atoms with Crippen molar-refractivity contribution >= 4 is 5.91 Å². The lowest BCUT2D eigenvalue weighted by atomic mass is 10.2. The van der Waals surface area contributed by atoms with Crippen molar-refractivity contribution in [3.05, 3.63) is 0 Å². The molecular weight excluding hydrogens is 154 g/mol. The SMILES string of the molecule is CCN1C(CN)C(=O)NC1(C)C. The van der Waals surface area contributed by atoms with E-state index in [4.69, 9.17) is 5.73 Å². The number of likely N-dealkylation sites (N-methyl/N-ethyl adjacent to an activating group) is 1. The molecule has 1 unspecified atom stereocenters. The predicted octanol–water partition coefficient (Wildman–Crippen LogP) is -0.498. The molecule has 0 bridgehead atoms. The summed E-state index contributed by atoms with van der Waals surface area (Å²) in [4.78, 5) is 13.4. The molecule has 70 valence electrons. The van der Waals surface area contributed by atoms with E-state index in [2.05, 4.69) is 10.2 Å². The largest absolute Gasteiger partial charge is 0.337 e. The van der Waals surface area contributed by atoms with Gasteiger partial charge in [0.25, 0.3) is 0 Å². The average Bonchev–Trinajstić information content (AvgIpc) is 2.18. The van der Waals surface area contributed by atoms with Crippen LogP contribution in [-0.4, -0.2) is 35.6 Å². The number of hydrogen-bond donors (Lipinski definition) is 2. The standard InChI is InChI=1S/C8H17N3O/c1-4-11-6(5-9)7(12)10-8(11,2)3/h6H,4-5,9H2,1-3H3,(H,10,12). The fourth-order valence-corrected chi connectivity index (χ4v) is 1.84. The molecule has 1 heterocycles. The Morgan fingerprint density at radius 3 is 2.58 bits per heavy atom. The van der Waals surface area contributed by atoms with Gasteiger partial charge in [-0.2, -0.15) is 0 Å². The van der Waals surface area contributed by atoms with Gasteiger partial charge in [-0.3, -0.25) is 9.69 Å². The third kappa shape index (κ3) is 1.32. The Labute approximate surface area is 73.1 Å². The first-order valence-corrected chi connectivity index (χ1v) is 4.31. The van der Waals surface area contributed by atoms with Crippen molar-refractivity contribution in [2.24, 2.45) is 5.73 Å². The monoisotopic (exact) mass is 171 g/mol. The quantitative estimate of drug-likeness (QED) is 0.589. The first kappa shape index (κ1) is 9.48. The van der Waals surface area contributed by atoms with Crippen molar-refractivity contribution in [2.75, 3.05) is 13.1 Å². The lowest BCUT2D eigenvalue weighted by molar-refractivity contribution is -0.121. The summed E-state index contributed by atoms with van der Waals surface area (Å²) in [5, 5.41) is 2.90. The number of hydrogen-bond acceptors (Lipinski definition) is 3. The van der Waals surface area contributed by atoms with E-state index < -0.39 is 0 Å². The zero-order chi connectivity index (χ0) is 9.35. The van der Waals surface area contributed by atoms with Gasteiger partial charge in [0.15, 0.2) is 0 Å². The van der Waals surface area contributed by atoms with Crippen LogP contribution in [0.5, 0.6) is 0 Å². The van der Waals surface area contributed by atoms with E-state index in [1.165, 1.54) is 0 Å². The normalized spacial score (nSPS) is 29.0. The highest BCUT2D eigenvalue weighted by Gasteiger charge is 2.42. The molecular formula is C8H17N3O. The van der Waals surface area contributed by atoms with Gasteiger partial charge in [0.2, 0.25) is 5.91 Å². The van der Waals surface area contributed by atoms with Crippen LogP contribution in [0.15, 0.2) is 0 Å². The Morgan fingerprint density at radius 1 is 1.67 bits per heavy atom. The molecule has 0 spiro atoms. The number of carbonyl (C=O) groups is 1. The average molecular weight is 171 g/mol. The van der Waals surface area contributed by atoms with Crippen molar-refractivity contribution in [2.45, 2.75) is 32.5 Å². The van der Waals surface area contributed by atoms with Gasteiger partial charge in [-0.25, -0.2) is 0 Å². The lowest BCUT2D eigenvalue weighted by Gasteiger charge is -2.31. The molecule has 1 atom stereocenters. The van der Waals surface area contributed by atoms with Gasteiger partial charge in [0.05, 0.1) is 5.66 Å². The van der Waals surface area contributed by atoms with Crippen molar-refractivity contribution in [1.29, 1.82) is 0 Å². The Kier molecular flexibility index (Phi) is 2.39. The third-order valence-corrected chi connectivity index (χ3v) is 2.39.